The van der Waals surface area contributed by atoms with Crippen LogP contribution in [0.2, 0.25) is 0 Å². The van der Waals surface area contributed by atoms with E-state index in [1.807, 2.05) is 11.4 Å². The number of halogens is 1. The van der Waals surface area contributed by atoms with E-state index in [1.54, 1.807) is 12.1 Å². The van der Waals surface area contributed by atoms with E-state index in [1.165, 1.54) is 23.5 Å². The fourth-order valence-electron chi connectivity index (χ4n) is 1.81. The molecule has 0 unspecified atom stereocenters. The summed E-state index contributed by atoms with van der Waals surface area (Å²) in [5.41, 5.74) is 6.89. The van der Waals surface area contributed by atoms with Gasteiger partial charge in [0.15, 0.2) is 0 Å². The van der Waals surface area contributed by atoms with E-state index in [4.69, 9.17) is 5.73 Å². The maximum atomic E-state index is 13.0. The van der Waals surface area contributed by atoms with E-state index in [0.29, 0.717) is 18.7 Å². The Hall–Kier alpha value is -2.16. The number of hydrogen-bond donors (Lipinski definition) is 2. The lowest BCUT2D eigenvalue weighted by Gasteiger charge is -2.05. The van der Waals surface area contributed by atoms with Gasteiger partial charge >= 0.3 is 0 Å². The van der Waals surface area contributed by atoms with Gasteiger partial charge in [0, 0.05) is 10.4 Å². The first-order valence-corrected chi connectivity index (χ1v) is 7.33. The minimum Gasteiger partial charge on any atom is -0.351 e. The predicted octanol–water partition coefficient (Wildman–Crippen LogP) is 2.06. The molecule has 2 aromatic rings. The van der Waals surface area contributed by atoms with Gasteiger partial charge in [-0.1, -0.05) is 24.0 Å². The van der Waals surface area contributed by atoms with Crippen molar-refractivity contribution in [2.24, 2.45) is 5.73 Å². The van der Waals surface area contributed by atoms with E-state index < -0.39 is 0 Å². The molecule has 1 aromatic carbocycles. The van der Waals surface area contributed by atoms with Crippen molar-refractivity contribution >= 4 is 17.2 Å². The van der Waals surface area contributed by atoms with Gasteiger partial charge in [-0.25, -0.2) is 4.39 Å². The van der Waals surface area contributed by atoms with Crippen molar-refractivity contribution in [2.75, 3.05) is 6.54 Å². The average molecular weight is 302 g/mol. The molecular formula is C16H15FN2OS. The molecule has 0 atom stereocenters. The number of benzene rings is 1. The number of thiophene rings is 1. The summed E-state index contributed by atoms with van der Waals surface area (Å²) in [7, 11) is 0. The predicted molar refractivity (Wildman–Crippen MR) is 82.2 cm³/mol. The molecule has 3 nitrogen and oxygen atoms in total. The summed E-state index contributed by atoms with van der Waals surface area (Å²) in [4.78, 5) is 12.8. The van der Waals surface area contributed by atoms with Gasteiger partial charge in [-0.05, 0) is 29.1 Å². The molecule has 21 heavy (non-hydrogen) atoms. The van der Waals surface area contributed by atoms with Gasteiger partial charge in [0.05, 0.1) is 19.5 Å². The van der Waals surface area contributed by atoms with Crippen LogP contribution in [0.3, 0.4) is 0 Å². The molecular weight excluding hydrogens is 287 g/mol. The quantitative estimate of drug-likeness (QED) is 0.849. The Balaban J connectivity index is 1.91. The molecule has 1 amide bonds. The van der Waals surface area contributed by atoms with Crippen LogP contribution in [0.25, 0.3) is 0 Å². The van der Waals surface area contributed by atoms with Gasteiger partial charge in [-0.2, -0.15) is 0 Å². The van der Waals surface area contributed by atoms with Gasteiger partial charge in [-0.15, -0.1) is 11.3 Å². The second-order valence-corrected chi connectivity index (χ2v) is 5.35. The molecule has 0 saturated heterocycles. The first kappa shape index (κ1) is 15.2. The minimum absolute atomic E-state index is 0.147. The molecule has 2 rings (SSSR count). The van der Waals surface area contributed by atoms with E-state index in [2.05, 4.69) is 17.2 Å². The number of hydrogen-bond acceptors (Lipinski definition) is 3. The molecule has 0 saturated carbocycles. The lowest BCUT2D eigenvalue weighted by atomic mass is 10.1. The molecule has 3 N–H and O–H groups in total. The molecule has 5 heteroatoms. The Morgan fingerprint density at radius 2 is 2.24 bits per heavy atom. The first-order valence-electron chi connectivity index (χ1n) is 6.45. The summed E-state index contributed by atoms with van der Waals surface area (Å²) in [6, 6.07) is 7.95. The highest BCUT2D eigenvalue weighted by atomic mass is 32.1. The smallest absolute Gasteiger partial charge is 0.224 e. The Labute approximate surface area is 127 Å². The fourth-order valence-corrected chi connectivity index (χ4v) is 2.58. The minimum atomic E-state index is -0.335. The lowest BCUT2D eigenvalue weighted by Crippen LogP contribution is -2.24. The van der Waals surface area contributed by atoms with Crippen molar-refractivity contribution in [1.29, 1.82) is 0 Å². The summed E-state index contributed by atoms with van der Waals surface area (Å²) < 4.78 is 13.0. The Morgan fingerprint density at radius 3 is 3.00 bits per heavy atom. The van der Waals surface area contributed by atoms with Gasteiger partial charge in [-0.3, -0.25) is 4.79 Å². The molecule has 0 spiro atoms. The van der Waals surface area contributed by atoms with E-state index in [9.17, 15) is 9.18 Å². The Bertz CT molecular complexity index is 685. The molecule has 108 valence electrons. The third kappa shape index (κ3) is 4.71. The second-order valence-electron chi connectivity index (χ2n) is 4.35. The van der Waals surface area contributed by atoms with Gasteiger partial charge < -0.3 is 11.1 Å². The van der Waals surface area contributed by atoms with Crippen LogP contribution in [0.1, 0.15) is 16.0 Å². The molecule has 1 aromatic heterocycles. The van der Waals surface area contributed by atoms with E-state index in [-0.39, 0.29) is 18.1 Å². The van der Waals surface area contributed by atoms with Gasteiger partial charge in [0.1, 0.15) is 5.82 Å². The van der Waals surface area contributed by atoms with Crippen molar-refractivity contribution in [3.8, 4) is 11.8 Å². The SMILES string of the molecule is NCC#Cc1ccsc1CNC(=O)Cc1cccc(F)c1. The standard InChI is InChI=1S/C16H15FN2OS/c17-14-5-1-3-12(9-14)10-16(20)19-11-15-13(4-2-7-18)6-8-21-15/h1,3,5-6,8-9H,7,10-11,18H2,(H,19,20). The molecule has 0 radical (unpaired) electrons. The summed E-state index contributed by atoms with van der Waals surface area (Å²) >= 11 is 1.53. The van der Waals surface area contributed by atoms with Crippen LogP contribution in [0.4, 0.5) is 4.39 Å². The van der Waals surface area contributed by atoms with Crippen molar-refractivity contribution < 1.29 is 9.18 Å². The number of carbonyl (C=O) groups is 1. The second kappa shape index (κ2) is 7.58. The van der Waals surface area contributed by atoms with Crippen LogP contribution in [-0.4, -0.2) is 12.5 Å². The lowest BCUT2D eigenvalue weighted by molar-refractivity contribution is -0.120. The topological polar surface area (TPSA) is 55.1 Å². The zero-order valence-corrected chi connectivity index (χ0v) is 12.2. The van der Waals surface area contributed by atoms with E-state index in [0.717, 1.165) is 10.4 Å². The zero-order chi connectivity index (χ0) is 15.1. The summed E-state index contributed by atoms with van der Waals surface area (Å²) in [6.07, 6.45) is 0.160. The van der Waals surface area contributed by atoms with Crippen LogP contribution in [0.5, 0.6) is 0 Å². The molecule has 0 fully saturated rings. The molecule has 0 aliphatic rings. The zero-order valence-electron chi connectivity index (χ0n) is 11.4. The molecule has 0 aliphatic heterocycles. The van der Waals surface area contributed by atoms with Crippen LogP contribution < -0.4 is 11.1 Å². The van der Waals surface area contributed by atoms with E-state index >= 15 is 0 Å². The maximum Gasteiger partial charge on any atom is 0.224 e. The van der Waals surface area contributed by atoms with Crippen molar-refractivity contribution in [2.45, 2.75) is 13.0 Å². The fraction of sp³-hybridized carbons (Fsp3) is 0.188. The Morgan fingerprint density at radius 1 is 1.38 bits per heavy atom. The van der Waals surface area contributed by atoms with Gasteiger partial charge in [0.25, 0.3) is 0 Å². The number of carbonyl (C=O) groups excluding carboxylic acids is 1. The Kier molecular flexibility index (Phi) is 5.50. The normalized spacial score (nSPS) is 9.81. The largest absolute Gasteiger partial charge is 0.351 e. The van der Waals surface area contributed by atoms with Crippen molar-refractivity contribution in [3.63, 3.8) is 0 Å². The number of amides is 1. The molecule has 0 aliphatic carbocycles. The third-order valence-corrected chi connectivity index (χ3v) is 3.69. The highest BCUT2D eigenvalue weighted by Crippen LogP contribution is 2.15. The number of rotatable bonds is 4. The summed E-state index contributed by atoms with van der Waals surface area (Å²) in [5.74, 6) is 5.28. The van der Waals surface area contributed by atoms with Gasteiger partial charge in [0.2, 0.25) is 5.91 Å². The van der Waals surface area contributed by atoms with Crippen LogP contribution in [0, 0.1) is 17.7 Å². The monoisotopic (exact) mass is 302 g/mol. The van der Waals surface area contributed by atoms with Crippen molar-refractivity contribution in [3.05, 3.63) is 57.5 Å². The highest BCUT2D eigenvalue weighted by molar-refractivity contribution is 7.10. The number of nitrogens with two attached hydrogens (primary N) is 1. The van der Waals surface area contributed by atoms with Crippen LogP contribution >= 0.6 is 11.3 Å². The first-order chi connectivity index (χ1) is 10.2. The van der Waals surface area contributed by atoms with Crippen molar-refractivity contribution in [1.82, 2.24) is 5.32 Å². The maximum absolute atomic E-state index is 13.0. The molecule has 0 bridgehead atoms. The number of nitrogens with one attached hydrogen (secondary N) is 1. The third-order valence-electron chi connectivity index (χ3n) is 2.77. The summed E-state index contributed by atoms with van der Waals surface area (Å²) in [5, 5.41) is 4.75. The molecule has 1 heterocycles. The highest BCUT2D eigenvalue weighted by Gasteiger charge is 2.07. The van der Waals surface area contributed by atoms with Crippen LogP contribution in [0.15, 0.2) is 35.7 Å². The van der Waals surface area contributed by atoms with Crippen LogP contribution in [-0.2, 0) is 17.8 Å². The average Bonchev–Trinajstić information content (AvgIpc) is 2.90. The summed E-state index contributed by atoms with van der Waals surface area (Å²) in [6.45, 7) is 0.724.